The van der Waals surface area contributed by atoms with Gasteiger partial charge in [0, 0.05) is 38.6 Å². The summed E-state index contributed by atoms with van der Waals surface area (Å²) in [6.45, 7) is 6.07. The Morgan fingerprint density at radius 2 is 1.55 bits per heavy atom. The van der Waals surface area contributed by atoms with Crippen molar-refractivity contribution in [3.8, 4) is 0 Å². The standard InChI is InChI=1S/C17H23N3/c1-14-12-15(2)18-17(13-14)20(4)11-10-19(3)16-8-6-5-7-9-16/h5-9,12-13H,10-11H2,1-4H3. The van der Waals surface area contributed by atoms with Gasteiger partial charge < -0.3 is 9.80 Å². The van der Waals surface area contributed by atoms with E-state index in [1.807, 2.05) is 13.0 Å². The predicted molar refractivity (Wildman–Crippen MR) is 86.7 cm³/mol. The monoisotopic (exact) mass is 269 g/mol. The SMILES string of the molecule is Cc1cc(C)nc(N(C)CCN(C)c2ccccc2)c1. The second kappa shape index (κ2) is 6.42. The van der Waals surface area contributed by atoms with E-state index in [1.165, 1.54) is 11.3 Å². The number of benzene rings is 1. The summed E-state index contributed by atoms with van der Waals surface area (Å²) in [4.78, 5) is 9.06. The van der Waals surface area contributed by atoms with Crippen molar-refractivity contribution in [1.82, 2.24) is 4.98 Å². The van der Waals surface area contributed by atoms with Crippen molar-refractivity contribution in [2.75, 3.05) is 37.0 Å². The molecule has 0 aliphatic heterocycles. The maximum atomic E-state index is 4.59. The fraction of sp³-hybridized carbons (Fsp3) is 0.353. The number of rotatable bonds is 5. The van der Waals surface area contributed by atoms with Crippen molar-refractivity contribution in [2.45, 2.75) is 13.8 Å². The van der Waals surface area contributed by atoms with E-state index in [1.54, 1.807) is 0 Å². The summed E-state index contributed by atoms with van der Waals surface area (Å²) in [5, 5.41) is 0. The van der Waals surface area contributed by atoms with Crippen LogP contribution in [0.4, 0.5) is 11.5 Å². The molecule has 0 N–H and O–H groups in total. The van der Waals surface area contributed by atoms with E-state index in [9.17, 15) is 0 Å². The zero-order chi connectivity index (χ0) is 14.5. The van der Waals surface area contributed by atoms with Gasteiger partial charge in [-0.1, -0.05) is 18.2 Å². The number of hydrogen-bond acceptors (Lipinski definition) is 3. The first-order valence-electron chi connectivity index (χ1n) is 6.99. The molecule has 3 nitrogen and oxygen atoms in total. The van der Waals surface area contributed by atoms with E-state index in [-0.39, 0.29) is 0 Å². The van der Waals surface area contributed by atoms with Gasteiger partial charge in [-0.3, -0.25) is 0 Å². The third-order valence-electron chi connectivity index (χ3n) is 3.44. The third-order valence-corrected chi connectivity index (χ3v) is 3.44. The number of aryl methyl sites for hydroxylation is 2. The Labute approximate surface area is 121 Å². The molecule has 0 fully saturated rings. The molecular weight excluding hydrogens is 246 g/mol. The first-order valence-corrected chi connectivity index (χ1v) is 6.99. The molecule has 1 aromatic carbocycles. The van der Waals surface area contributed by atoms with Gasteiger partial charge in [-0.05, 0) is 43.7 Å². The molecule has 0 aliphatic carbocycles. The topological polar surface area (TPSA) is 19.4 Å². The van der Waals surface area contributed by atoms with E-state index < -0.39 is 0 Å². The van der Waals surface area contributed by atoms with E-state index >= 15 is 0 Å². The van der Waals surface area contributed by atoms with Crippen LogP contribution in [0.15, 0.2) is 42.5 Å². The van der Waals surface area contributed by atoms with Gasteiger partial charge in [0.2, 0.25) is 0 Å². The summed E-state index contributed by atoms with van der Waals surface area (Å²) in [7, 11) is 4.22. The van der Waals surface area contributed by atoms with Crippen molar-refractivity contribution >= 4 is 11.5 Å². The molecule has 0 saturated heterocycles. The Kier molecular flexibility index (Phi) is 4.61. The van der Waals surface area contributed by atoms with E-state index in [0.717, 1.165) is 24.6 Å². The highest BCUT2D eigenvalue weighted by Crippen LogP contribution is 2.14. The molecule has 0 unspecified atom stereocenters. The zero-order valence-electron chi connectivity index (χ0n) is 12.8. The molecule has 0 radical (unpaired) electrons. The molecule has 0 spiro atoms. The average Bonchev–Trinajstić information content (AvgIpc) is 2.44. The third kappa shape index (κ3) is 3.73. The predicted octanol–water partition coefficient (Wildman–Crippen LogP) is 3.27. The van der Waals surface area contributed by atoms with Crippen LogP contribution in [-0.4, -0.2) is 32.2 Å². The Balaban J connectivity index is 1.96. The van der Waals surface area contributed by atoms with Crippen LogP contribution in [-0.2, 0) is 0 Å². The van der Waals surface area contributed by atoms with Gasteiger partial charge in [0.25, 0.3) is 0 Å². The lowest BCUT2D eigenvalue weighted by Crippen LogP contribution is -2.31. The smallest absolute Gasteiger partial charge is 0.128 e. The zero-order valence-corrected chi connectivity index (χ0v) is 12.8. The van der Waals surface area contributed by atoms with Crippen LogP contribution in [0.3, 0.4) is 0 Å². The summed E-state index contributed by atoms with van der Waals surface area (Å²) >= 11 is 0. The molecule has 3 heteroatoms. The molecule has 0 saturated carbocycles. The highest BCUT2D eigenvalue weighted by Gasteiger charge is 2.06. The van der Waals surface area contributed by atoms with Gasteiger partial charge >= 0.3 is 0 Å². The summed E-state index contributed by atoms with van der Waals surface area (Å²) in [5.41, 5.74) is 3.58. The van der Waals surface area contributed by atoms with E-state index in [4.69, 9.17) is 0 Å². The number of para-hydroxylation sites is 1. The van der Waals surface area contributed by atoms with Crippen molar-refractivity contribution in [3.63, 3.8) is 0 Å². The molecule has 2 rings (SSSR count). The molecule has 2 aromatic rings. The summed E-state index contributed by atoms with van der Waals surface area (Å²) in [6, 6.07) is 14.7. The van der Waals surface area contributed by atoms with Crippen molar-refractivity contribution in [3.05, 3.63) is 53.7 Å². The second-order valence-electron chi connectivity index (χ2n) is 5.32. The van der Waals surface area contributed by atoms with E-state index in [0.29, 0.717) is 0 Å². The maximum absolute atomic E-state index is 4.59. The highest BCUT2D eigenvalue weighted by molar-refractivity contribution is 5.46. The number of pyridine rings is 1. The van der Waals surface area contributed by atoms with Crippen LogP contribution in [0, 0.1) is 13.8 Å². The van der Waals surface area contributed by atoms with Crippen molar-refractivity contribution < 1.29 is 0 Å². The Hall–Kier alpha value is -2.03. The van der Waals surface area contributed by atoms with Gasteiger partial charge in [-0.2, -0.15) is 0 Å². The fourth-order valence-corrected chi connectivity index (χ4v) is 2.24. The summed E-state index contributed by atoms with van der Waals surface area (Å²) < 4.78 is 0. The van der Waals surface area contributed by atoms with E-state index in [2.05, 4.69) is 72.2 Å². The lowest BCUT2D eigenvalue weighted by Gasteiger charge is -2.24. The lowest BCUT2D eigenvalue weighted by atomic mass is 10.2. The summed E-state index contributed by atoms with van der Waals surface area (Å²) in [5.74, 6) is 1.05. The molecule has 0 amide bonds. The van der Waals surface area contributed by atoms with Gasteiger partial charge in [-0.15, -0.1) is 0 Å². The highest BCUT2D eigenvalue weighted by atomic mass is 15.2. The second-order valence-corrected chi connectivity index (χ2v) is 5.32. The maximum Gasteiger partial charge on any atom is 0.128 e. The van der Waals surface area contributed by atoms with Crippen molar-refractivity contribution in [1.29, 1.82) is 0 Å². The average molecular weight is 269 g/mol. The molecule has 1 heterocycles. The van der Waals surface area contributed by atoms with Crippen LogP contribution in [0.25, 0.3) is 0 Å². The van der Waals surface area contributed by atoms with Gasteiger partial charge in [0.1, 0.15) is 5.82 Å². The quantitative estimate of drug-likeness (QED) is 0.830. The van der Waals surface area contributed by atoms with Gasteiger partial charge in [0.15, 0.2) is 0 Å². The minimum Gasteiger partial charge on any atom is -0.373 e. The lowest BCUT2D eigenvalue weighted by molar-refractivity contribution is 0.820. The molecule has 20 heavy (non-hydrogen) atoms. The van der Waals surface area contributed by atoms with Gasteiger partial charge in [-0.25, -0.2) is 4.98 Å². The molecule has 0 atom stereocenters. The first kappa shape index (κ1) is 14.4. The number of hydrogen-bond donors (Lipinski definition) is 0. The Morgan fingerprint density at radius 3 is 2.20 bits per heavy atom. The number of aromatic nitrogens is 1. The number of likely N-dealkylation sites (N-methyl/N-ethyl adjacent to an activating group) is 2. The largest absolute Gasteiger partial charge is 0.373 e. The Morgan fingerprint density at radius 1 is 0.900 bits per heavy atom. The fourth-order valence-electron chi connectivity index (χ4n) is 2.24. The minimum atomic E-state index is 0.946. The molecule has 1 aromatic heterocycles. The summed E-state index contributed by atoms with van der Waals surface area (Å²) in [6.07, 6.45) is 0. The molecular formula is C17H23N3. The number of nitrogens with zero attached hydrogens (tertiary/aromatic N) is 3. The van der Waals surface area contributed by atoms with Crippen LogP contribution in [0.2, 0.25) is 0 Å². The van der Waals surface area contributed by atoms with Crippen molar-refractivity contribution in [2.24, 2.45) is 0 Å². The van der Waals surface area contributed by atoms with Gasteiger partial charge in [0.05, 0.1) is 0 Å². The molecule has 0 bridgehead atoms. The number of anilines is 2. The first-order chi connectivity index (χ1) is 9.56. The van der Waals surface area contributed by atoms with Crippen LogP contribution < -0.4 is 9.80 Å². The van der Waals surface area contributed by atoms with Crippen LogP contribution in [0.1, 0.15) is 11.3 Å². The minimum absolute atomic E-state index is 0.946. The molecule has 0 aliphatic rings. The molecule has 106 valence electrons. The van der Waals surface area contributed by atoms with Crippen LogP contribution in [0.5, 0.6) is 0 Å². The van der Waals surface area contributed by atoms with Crippen LogP contribution >= 0.6 is 0 Å². The normalized spacial score (nSPS) is 10.4. The Bertz CT molecular complexity index is 531.